The lowest BCUT2D eigenvalue weighted by atomic mass is 10.2. The van der Waals surface area contributed by atoms with Crippen molar-refractivity contribution in [3.8, 4) is 0 Å². The van der Waals surface area contributed by atoms with Gasteiger partial charge in [-0.15, -0.1) is 0 Å². The standard InChI is InChI=1S/C11H5BrCl3N3O/c12-6-1-5(2-7(13)3-6)11(19)18-10-8(14)9(15)16-4-17-10/h1-4H,(H,16,17,18,19). The Kier molecular flexibility index (Phi) is 4.62. The predicted octanol–water partition coefficient (Wildman–Crippen LogP) is 4.45. The largest absolute Gasteiger partial charge is 0.305 e. The summed E-state index contributed by atoms with van der Waals surface area (Å²) in [5.41, 5.74) is 0.366. The van der Waals surface area contributed by atoms with Crippen molar-refractivity contribution >= 4 is 62.5 Å². The highest BCUT2D eigenvalue weighted by molar-refractivity contribution is 9.10. The van der Waals surface area contributed by atoms with Crippen LogP contribution in [0.5, 0.6) is 0 Å². The van der Waals surface area contributed by atoms with Gasteiger partial charge in [-0.25, -0.2) is 9.97 Å². The first-order chi connectivity index (χ1) is 8.97. The lowest BCUT2D eigenvalue weighted by Crippen LogP contribution is -2.13. The molecule has 2 aromatic rings. The van der Waals surface area contributed by atoms with Crippen molar-refractivity contribution in [2.24, 2.45) is 0 Å². The highest BCUT2D eigenvalue weighted by atomic mass is 79.9. The van der Waals surface area contributed by atoms with Crippen LogP contribution in [0.15, 0.2) is 29.0 Å². The van der Waals surface area contributed by atoms with E-state index in [-0.39, 0.29) is 16.0 Å². The average molecular weight is 381 g/mol. The molecule has 0 aliphatic heterocycles. The van der Waals surface area contributed by atoms with E-state index in [1.165, 1.54) is 12.4 Å². The third kappa shape index (κ3) is 3.57. The zero-order chi connectivity index (χ0) is 14.0. The summed E-state index contributed by atoms with van der Waals surface area (Å²) in [6.45, 7) is 0. The average Bonchev–Trinajstić information content (AvgIpc) is 2.33. The number of carbonyl (C=O) groups is 1. The van der Waals surface area contributed by atoms with Gasteiger partial charge in [0.2, 0.25) is 0 Å². The highest BCUT2D eigenvalue weighted by Gasteiger charge is 2.13. The Hall–Kier alpha value is -0.880. The molecule has 2 rings (SSSR count). The predicted molar refractivity (Wildman–Crippen MR) is 79.2 cm³/mol. The van der Waals surface area contributed by atoms with Gasteiger partial charge >= 0.3 is 0 Å². The lowest BCUT2D eigenvalue weighted by molar-refractivity contribution is 0.102. The van der Waals surface area contributed by atoms with Gasteiger partial charge in [0.25, 0.3) is 5.91 Å². The summed E-state index contributed by atoms with van der Waals surface area (Å²) in [6.07, 6.45) is 1.21. The topological polar surface area (TPSA) is 54.9 Å². The van der Waals surface area contributed by atoms with Gasteiger partial charge in [-0.3, -0.25) is 4.79 Å². The summed E-state index contributed by atoms with van der Waals surface area (Å²) in [5.74, 6) is -0.261. The number of halogens is 4. The molecule has 0 radical (unpaired) electrons. The maximum atomic E-state index is 12.0. The minimum absolute atomic E-state index is 0.0687. The molecule has 0 spiro atoms. The van der Waals surface area contributed by atoms with Gasteiger partial charge in [-0.05, 0) is 18.2 Å². The van der Waals surface area contributed by atoms with E-state index in [0.29, 0.717) is 15.1 Å². The number of hydrogen-bond acceptors (Lipinski definition) is 3. The molecule has 1 N–H and O–H groups in total. The van der Waals surface area contributed by atoms with Gasteiger partial charge in [0, 0.05) is 15.1 Å². The van der Waals surface area contributed by atoms with Crippen LogP contribution in [0.2, 0.25) is 15.2 Å². The van der Waals surface area contributed by atoms with E-state index >= 15 is 0 Å². The van der Waals surface area contributed by atoms with Crippen LogP contribution in [0.25, 0.3) is 0 Å². The Balaban J connectivity index is 2.28. The molecular weight excluding hydrogens is 376 g/mol. The van der Waals surface area contributed by atoms with Gasteiger partial charge in [-0.1, -0.05) is 50.7 Å². The van der Waals surface area contributed by atoms with E-state index in [4.69, 9.17) is 34.8 Å². The highest BCUT2D eigenvalue weighted by Crippen LogP contribution is 2.26. The molecular formula is C11H5BrCl3N3O. The first-order valence-corrected chi connectivity index (χ1v) is 6.83. The Bertz CT molecular complexity index is 631. The van der Waals surface area contributed by atoms with E-state index in [9.17, 15) is 4.79 Å². The first kappa shape index (κ1) is 14.5. The van der Waals surface area contributed by atoms with Crippen LogP contribution in [0.4, 0.5) is 5.82 Å². The third-order valence-electron chi connectivity index (χ3n) is 2.10. The maximum Gasteiger partial charge on any atom is 0.256 e. The van der Waals surface area contributed by atoms with Gasteiger partial charge in [0.1, 0.15) is 11.3 Å². The van der Waals surface area contributed by atoms with Crippen LogP contribution in [0.3, 0.4) is 0 Å². The number of anilines is 1. The Morgan fingerprint density at radius 2 is 1.89 bits per heavy atom. The molecule has 19 heavy (non-hydrogen) atoms. The quantitative estimate of drug-likeness (QED) is 0.782. The fourth-order valence-corrected chi connectivity index (χ4v) is 2.44. The second-order valence-electron chi connectivity index (χ2n) is 3.44. The van der Waals surface area contributed by atoms with Crippen molar-refractivity contribution in [2.45, 2.75) is 0 Å². The van der Waals surface area contributed by atoms with E-state index in [0.717, 1.165) is 0 Å². The minimum Gasteiger partial charge on any atom is -0.305 e. The number of nitrogens with one attached hydrogen (secondary N) is 1. The zero-order valence-electron chi connectivity index (χ0n) is 9.12. The SMILES string of the molecule is O=C(Nc1ncnc(Cl)c1Cl)c1cc(Cl)cc(Br)c1. The zero-order valence-corrected chi connectivity index (χ0v) is 13.0. The van der Waals surface area contributed by atoms with Gasteiger partial charge in [0.15, 0.2) is 11.0 Å². The number of hydrogen-bond donors (Lipinski definition) is 1. The van der Waals surface area contributed by atoms with Crippen molar-refractivity contribution in [3.05, 3.63) is 49.8 Å². The van der Waals surface area contributed by atoms with Crippen LogP contribution >= 0.6 is 50.7 Å². The van der Waals surface area contributed by atoms with Crippen molar-refractivity contribution < 1.29 is 4.79 Å². The smallest absolute Gasteiger partial charge is 0.256 e. The molecule has 1 amide bonds. The number of benzene rings is 1. The first-order valence-electron chi connectivity index (χ1n) is 4.91. The fourth-order valence-electron chi connectivity index (χ4n) is 1.30. The molecule has 0 atom stereocenters. The molecule has 1 aromatic carbocycles. The third-order valence-corrected chi connectivity index (χ3v) is 3.52. The molecule has 0 aliphatic rings. The second kappa shape index (κ2) is 6.05. The van der Waals surface area contributed by atoms with Gasteiger partial charge in [-0.2, -0.15) is 0 Å². The number of carbonyl (C=O) groups excluding carboxylic acids is 1. The summed E-state index contributed by atoms with van der Waals surface area (Å²) >= 11 is 20.7. The van der Waals surface area contributed by atoms with Crippen molar-refractivity contribution in [3.63, 3.8) is 0 Å². The van der Waals surface area contributed by atoms with Crippen LogP contribution in [-0.4, -0.2) is 15.9 Å². The van der Waals surface area contributed by atoms with E-state index in [1.54, 1.807) is 12.1 Å². The fraction of sp³-hybridized carbons (Fsp3) is 0. The van der Waals surface area contributed by atoms with E-state index < -0.39 is 5.91 Å². The Labute approximate surface area is 132 Å². The number of rotatable bonds is 2. The van der Waals surface area contributed by atoms with E-state index in [2.05, 4.69) is 31.2 Å². The Morgan fingerprint density at radius 1 is 1.16 bits per heavy atom. The normalized spacial score (nSPS) is 10.3. The van der Waals surface area contributed by atoms with Crippen LogP contribution in [0, 0.1) is 0 Å². The summed E-state index contributed by atoms with van der Waals surface area (Å²) in [6, 6.07) is 4.82. The molecule has 1 heterocycles. The van der Waals surface area contributed by atoms with Crippen molar-refractivity contribution in [2.75, 3.05) is 5.32 Å². The van der Waals surface area contributed by atoms with Gasteiger partial charge in [0.05, 0.1) is 0 Å². The number of aromatic nitrogens is 2. The number of nitrogens with zero attached hydrogens (tertiary/aromatic N) is 2. The molecule has 0 bridgehead atoms. The molecule has 0 aliphatic carbocycles. The van der Waals surface area contributed by atoms with Crippen molar-refractivity contribution in [1.29, 1.82) is 0 Å². The lowest BCUT2D eigenvalue weighted by Gasteiger charge is -2.07. The molecule has 0 saturated heterocycles. The molecule has 4 nitrogen and oxygen atoms in total. The monoisotopic (exact) mass is 379 g/mol. The molecule has 0 saturated carbocycles. The summed E-state index contributed by atoms with van der Waals surface area (Å²) < 4.78 is 0.692. The molecule has 1 aromatic heterocycles. The summed E-state index contributed by atoms with van der Waals surface area (Å²) in [5, 5.41) is 3.12. The van der Waals surface area contributed by atoms with Crippen LogP contribution in [0.1, 0.15) is 10.4 Å². The van der Waals surface area contributed by atoms with Crippen LogP contribution in [-0.2, 0) is 0 Å². The molecule has 98 valence electrons. The Morgan fingerprint density at radius 3 is 2.58 bits per heavy atom. The molecule has 0 fully saturated rings. The van der Waals surface area contributed by atoms with Gasteiger partial charge < -0.3 is 5.32 Å². The maximum absolute atomic E-state index is 12.0. The summed E-state index contributed by atoms with van der Waals surface area (Å²) in [7, 11) is 0. The van der Waals surface area contributed by atoms with E-state index in [1.807, 2.05) is 0 Å². The van der Waals surface area contributed by atoms with Crippen molar-refractivity contribution in [1.82, 2.24) is 9.97 Å². The minimum atomic E-state index is -0.403. The van der Waals surface area contributed by atoms with Crippen LogP contribution < -0.4 is 5.32 Å². The number of amides is 1. The second-order valence-corrected chi connectivity index (χ2v) is 5.53. The molecule has 0 unspecified atom stereocenters. The molecule has 8 heteroatoms. The summed E-state index contributed by atoms with van der Waals surface area (Å²) in [4.78, 5) is 19.6.